The molecule has 0 amide bonds. The quantitative estimate of drug-likeness (QED) is 0.363. The second-order valence-corrected chi connectivity index (χ2v) is 8.21. The molecule has 192 valence electrons. The van der Waals surface area contributed by atoms with E-state index in [1.807, 2.05) is 0 Å². The molecule has 3 aromatic carbocycles. The second-order valence-electron chi connectivity index (χ2n) is 8.21. The SMILES string of the molecule is CO[C@@H]1OC(COC(=O)c2ccccc2)[C@H](O)[C@H](OC(=O)c2ccccc2)C1OC(=O)c1ccccc1. The van der Waals surface area contributed by atoms with Gasteiger partial charge in [-0.25, -0.2) is 14.4 Å². The molecule has 0 aromatic heterocycles. The molecule has 9 nitrogen and oxygen atoms in total. The molecule has 1 aliphatic heterocycles. The summed E-state index contributed by atoms with van der Waals surface area (Å²) in [5, 5.41) is 11.1. The van der Waals surface area contributed by atoms with Crippen LogP contribution in [0, 0.1) is 0 Å². The van der Waals surface area contributed by atoms with Crippen molar-refractivity contribution in [3.63, 3.8) is 0 Å². The standard InChI is InChI=1S/C28H26O9/c1-33-28-24(37-27(32)20-15-9-4-10-16-20)23(36-26(31)19-13-7-3-8-14-19)22(29)21(35-28)17-34-25(30)18-11-5-2-6-12-18/h2-16,21-24,28-29H,17H2,1H3/t21?,22-,23-,24?,28+/m0/s1. The Morgan fingerprint density at radius 1 is 0.703 bits per heavy atom. The summed E-state index contributed by atoms with van der Waals surface area (Å²) in [6.45, 7) is -0.368. The van der Waals surface area contributed by atoms with E-state index < -0.39 is 48.6 Å². The van der Waals surface area contributed by atoms with E-state index in [1.165, 1.54) is 7.11 Å². The van der Waals surface area contributed by atoms with E-state index in [9.17, 15) is 19.5 Å². The number of aliphatic hydroxyl groups excluding tert-OH is 1. The van der Waals surface area contributed by atoms with Crippen LogP contribution in [0.1, 0.15) is 31.1 Å². The van der Waals surface area contributed by atoms with Crippen LogP contribution in [0.3, 0.4) is 0 Å². The third-order valence-electron chi connectivity index (χ3n) is 5.74. The summed E-state index contributed by atoms with van der Waals surface area (Å²) in [7, 11) is 1.31. The van der Waals surface area contributed by atoms with Gasteiger partial charge in [-0.1, -0.05) is 54.6 Å². The Hall–Kier alpha value is -4.05. The molecule has 0 saturated carbocycles. The molecule has 0 aliphatic carbocycles. The van der Waals surface area contributed by atoms with Crippen molar-refractivity contribution in [3.8, 4) is 0 Å². The van der Waals surface area contributed by atoms with Crippen molar-refractivity contribution in [1.82, 2.24) is 0 Å². The van der Waals surface area contributed by atoms with Gasteiger partial charge in [0.15, 0.2) is 18.5 Å². The molecule has 1 heterocycles. The average molecular weight is 507 g/mol. The van der Waals surface area contributed by atoms with Crippen LogP contribution in [0.5, 0.6) is 0 Å². The molecule has 0 spiro atoms. The molecule has 1 fully saturated rings. The number of benzene rings is 3. The minimum absolute atomic E-state index is 0.232. The van der Waals surface area contributed by atoms with E-state index in [0.717, 1.165) is 0 Å². The lowest BCUT2D eigenvalue weighted by Gasteiger charge is -2.42. The minimum Gasteiger partial charge on any atom is -0.459 e. The number of carbonyl (C=O) groups excluding carboxylic acids is 3. The average Bonchev–Trinajstić information content (AvgIpc) is 2.95. The predicted octanol–water partition coefficient (Wildman–Crippen LogP) is 3.03. The van der Waals surface area contributed by atoms with Crippen molar-refractivity contribution in [1.29, 1.82) is 0 Å². The van der Waals surface area contributed by atoms with Crippen LogP contribution in [-0.2, 0) is 23.7 Å². The number of methoxy groups -OCH3 is 1. The number of aliphatic hydroxyl groups is 1. The molecule has 3 aromatic rings. The van der Waals surface area contributed by atoms with Gasteiger partial charge >= 0.3 is 17.9 Å². The van der Waals surface area contributed by atoms with Gasteiger partial charge in [0.2, 0.25) is 0 Å². The Bertz CT molecular complexity index is 1180. The van der Waals surface area contributed by atoms with Crippen molar-refractivity contribution >= 4 is 17.9 Å². The summed E-state index contributed by atoms with van der Waals surface area (Å²) < 4.78 is 27.7. The van der Waals surface area contributed by atoms with Gasteiger partial charge in [-0.05, 0) is 36.4 Å². The molecule has 1 aliphatic rings. The molecular formula is C28H26O9. The zero-order chi connectivity index (χ0) is 26.2. The maximum absolute atomic E-state index is 12.9. The van der Waals surface area contributed by atoms with Gasteiger partial charge in [-0.3, -0.25) is 0 Å². The number of hydrogen-bond acceptors (Lipinski definition) is 9. The first-order valence-corrected chi connectivity index (χ1v) is 11.6. The first-order chi connectivity index (χ1) is 18.0. The van der Waals surface area contributed by atoms with Crippen LogP contribution in [-0.4, -0.2) is 67.4 Å². The van der Waals surface area contributed by atoms with Crippen molar-refractivity contribution in [2.75, 3.05) is 13.7 Å². The third kappa shape index (κ3) is 6.39. The summed E-state index contributed by atoms with van der Waals surface area (Å²) in [6.07, 6.45) is -6.60. The maximum Gasteiger partial charge on any atom is 0.338 e. The highest BCUT2D eigenvalue weighted by molar-refractivity contribution is 5.90. The zero-order valence-corrected chi connectivity index (χ0v) is 20.0. The Balaban J connectivity index is 1.55. The van der Waals surface area contributed by atoms with Crippen LogP contribution in [0.4, 0.5) is 0 Å². The van der Waals surface area contributed by atoms with Gasteiger partial charge in [-0.15, -0.1) is 0 Å². The van der Waals surface area contributed by atoms with Gasteiger partial charge in [0, 0.05) is 7.11 Å². The van der Waals surface area contributed by atoms with Gasteiger partial charge in [0.25, 0.3) is 0 Å². The number of rotatable bonds is 8. The van der Waals surface area contributed by atoms with Crippen LogP contribution >= 0.6 is 0 Å². The van der Waals surface area contributed by atoms with Crippen molar-refractivity contribution in [2.24, 2.45) is 0 Å². The number of hydrogen-bond donors (Lipinski definition) is 1. The molecular weight excluding hydrogens is 480 g/mol. The Morgan fingerprint density at radius 2 is 1.14 bits per heavy atom. The van der Waals surface area contributed by atoms with Gasteiger partial charge in [0.05, 0.1) is 16.7 Å². The number of ether oxygens (including phenoxy) is 5. The molecule has 37 heavy (non-hydrogen) atoms. The summed E-state index contributed by atoms with van der Waals surface area (Å²) in [6, 6.07) is 24.7. The van der Waals surface area contributed by atoms with Crippen molar-refractivity contribution < 1.29 is 43.2 Å². The van der Waals surface area contributed by atoms with E-state index >= 15 is 0 Å². The number of carbonyl (C=O) groups is 3. The molecule has 0 radical (unpaired) electrons. The van der Waals surface area contributed by atoms with Gasteiger partial charge in [-0.2, -0.15) is 0 Å². The van der Waals surface area contributed by atoms with Crippen LogP contribution in [0.15, 0.2) is 91.0 Å². The summed E-state index contributed by atoms with van der Waals surface area (Å²) in [5.41, 5.74) is 0.798. The molecule has 9 heteroatoms. The fourth-order valence-electron chi connectivity index (χ4n) is 3.83. The van der Waals surface area contributed by atoms with Crippen LogP contribution in [0.25, 0.3) is 0 Å². The lowest BCUT2D eigenvalue weighted by atomic mass is 9.98. The Kier molecular flexibility index (Phi) is 8.63. The molecule has 1 N–H and O–H groups in total. The van der Waals surface area contributed by atoms with Gasteiger partial charge < -0.3 is 28.8 Å². The molecule has 2 unspecified atom stereocenters. The fraction of sp³-hybridized carbons (Fsp3) is 0.250. The van der Waals surface area contributed by atoms with Crippen LogP contribution in [0.2, 0.25) is 0 Å². The summed E-state index contributed by atoms with van der Waals surface area (Å²) in [5.74, 6) is -2.10. The zero-order valence-electron chi connectivity index (χ0n) is 20.0. The van der Waals surface area contributed by atoms with Crippen molar-refractivity contribution in [3.05, 3.63) is 108 Å². The highest BCUT2D eigenvalue weighted by Crippen LogP contribution is 2.28. The van der Waals surface area contributed by atoms with E-state index in [2.05, 4.69) is 0 Å². The topological polar surface area (TPSA) is 118 Å². The van der Waals surface area contributed by atoms with E-state index in [0.29, 0.717) is 5.56 Å². The Labute approximate surface area is 213 Å². The second kappa shape index (κ2) is 12.3. The first-order valence-electron chi connectivity index (χ1n) is 11.6. The van der Waals surface area contributed by atoms with Gasteiger partial charge in [0.1, 0.15) is 18.8 Å². The fourth-order valence-corrected chi connectivity index (χ4v) is 3.83. The lowest BCUT2D eigenvalue weighted by Crippen LogP contribution is -2.61. The highest BCUT2D eigenvalue weighted by Gasteiger charge is 2.50. The lowest BCUT2D eigenvalue weighted by molar-refractivity contribution is -0.292. The number of esters is 3. The van der Waals surface area contributed by atoms with E-state index in [4.69, 9.17) is 23.7 Å². The molecule has 0 bridgehead atoms. The molecule has 4 rings (SSSR count). The summed E-state index contributed by atoms with van der Waals surface area (Å²) in [4.78, 5) is 38.1. The maximum atomic E-state index is 12.9. The normalized spacial score (nSPS) is 23.0. The monoisotopic (exact) mass is 506 g/mol. The van der Waals surface area contributed by atoms with E-state index in [-0.39, 0.29) is 17.7 Å². The smallest absolute Gasteiger partial charge is 0.338 e. The largest absolute Gasteiger partial charge is 0.459 e. The predicted molar refractivity (Wildman–Crippen MR) is 130 cm³/mol. The first kappa shape index (κ1) is 26.0. The highest BCUT2D eigenvalue weighted by atomic mass is 16.7. The van der Waals surface area contributed by atoms with E-state index in [1.54, 1.807) is 91.0 Å². The summed E-state index contributed by atoms with van der Waals surface area (Å²) >= 11 is 0. The minimum atomic E-state index is -1.52. The Morgan fingerprint density at radius 3 is 1.59 bits per heavy atom. The molecule has 1 saturated heterocycles. The molecule has 5 atom stereocenters. The van der Waals surface area contributed by atoms with Crippen molar-refractivity contribution in [2.45, 2.75) is 30.7 Å². The van der Waals surface area contributed by atoms with Crippen LogP contribution < -0.4 is 0 Å². The third-order valence-corrected chi connectivity index (χ3v) is 5.74.